The first-order valence-corrected chi connectivity index (χ1v) is 9.55. The zero-order valence-electron chi connectivity index (χ0n) is 16.1. The van der Waals surface area contributed by atoms with E-state index in [0.717, 1.165) is 32.0 Å². The van der Waals surface area contributed by atoms with Gasteiger partial charge in [-0.25, -0.2) is 13.6 Å². The monoisotopic (exact) mass is 392 g/mol. The van der Waals surface area contributed by atoms with Crippen LogP contribution < -0.4 is 10.6 Å². The van der Waals surface area contributed by atoms with Gasteiger partial charge in [0.25, 0.3) is 5.92 Å². The molecule has 0 unspecified atom stereocenters. The van der Waals surface area contributed by atoms with E-state index in [1.165, 1.54) is 18.2 Å². The molecule has 0 spiro atoms. The smallest absolute Gasteiger partial charge is 0.319 e. The lowest BCUT2D eigenvalue weighted by atomic mass is 9.92. The van der Waals surface area contributed by atoms with Gasteiger partial charge in [0.05, 0.1) is 11.4 Å². The molecule has 2 heterocycles. The van der Waals surface area contributed by atoms with Crippen molar-refractivity contribution in [3.63, 3.8) is 0 Å². The number of para-hydroxylation sites is 1. The van der Waals surface area contributed by atoms with Crippen molar-refractivity contribution in [2.45, 2.75) is 45.3 Å². The summed E-state index contributed by atoms with van der Waals surface area (Å²) in [7, 11) is 0. The molecule has 3 rings (SSSR count). The molecule has 0 aliphatic carbocycles. The van der Waals surface area contributed by atoms with Gasteiger partial charge in [-0.05, 0) is 31.9 Å². The lowest BCUT2D eigenvalue weighted by Gasteiger charge is -2.32. The Bertz CT molecular complexity index is 803. The Morgan fingerprint density at radius 2 is 2.14 bits per heavy atom. The van der Waals surface area contributed by atoms with Crippen molar-refractivity contribution in [1.29, 1.82) is 0 Å². The number of aromatic nitrogens is 2. The Morgan fingerprint density at radius 1 is 1.36 bits per heavy atom. The number of aryl methyl sites for hydroxylation is 1. The maximum Gasteiger partial charge on any atom is 0.319 e. The highest BCUT2D eigenvalue weighted by Gasteiger charge is 2.31. The molecule has 1 aliphatic rings. The maximum absolute atomic E-state index is 13.7. The van der Waals surface area contributed by atoms with E-state index in [9.17, 15) is 13.6 Å². The Balaban J connectivity index is 1.64. The fourth-order valence-corrected chi connectivity index (χ4v) is 3.59. The predicted molar refractivity (Wildman–Crippen MR) is 102 cm³/mol. The number of carbonyl (C=O) groups excluding carboxylic acids is 1. The quantitative estimate of drug-likeness (QED) is 0.770. The molecule has 8 heteroatoms. The average molecular weight is 392 g/mol. The Labute approximate surface area is 163 Å². The predicted octanol–water partition coefficient (Wildman–Crippen LogP) is 4.30. The van der Waals surface area contributed by atoms with E-state index in [1.807, 2.05) is 17.7 Å². The number of amides is 2. The van der Waals surface area contributed by atoms with Crippen LogP contribution in [0.2, 0.25) is 0 Å². The molecule has 2 atom stereocenters. The third kappa shape index (κ3) is 4.67. The van der Waals surface area contributed by atoms with Crippen LogP contribution in [0.15, 0.2) is 36.5 Å². The van der Waals surface area contributed by atoms with Gasteiger partial charge in [-0.15, -0.1) is 0 Å². The van der Waals surface area contributed by atoms with Crippen LogP contribution in [0.25, 0.3) is 0 Å². The van der Waals surface area contributed by atoms with Crippen LogP contribution >= 0.6 is 0 Å². The number of halogens is 2. The number of anilines is 1. The molecule has 0 bridgehead atoms. The van der Waals surface area contributed by atoms with Crippen LogP contribution in [0.3, 0.4) is 0 Å². The number of rotatable bonds is 6. The first-order valence-electron chi connectivity index (χ1n) is 9.55. The minimum Gasteiger partial charge on any atom is -0.372 e. The molecular formula is C20H26F2N4O2. The first kappa shape index (κ1) is 20.3. The molecular weight excluding hydrogens is 366 g/mol. The highest BCUT2D eigenvalue weighted by atomic mass is 19.3. The minimum atomic E-state index is -3.04. The van der Waals surface area contributed by atoms with E-state index in [1.54, 1.807) is 12.3 Å². The number of carbonyl (C=O) groups is 1. The number of benzene rings is 1. The van der Waals surface area contributed by atoms with Crippen LogP contribution in [0.5, 0.6) is 0 Å². The summed E-state index contributed by atoms with van der Waals surface area (Å²) in [5.74, 6) is -2.95. The molecule has 2 N–H and O–H groups in total. The summed E-state index contributed by atoms with van der Waals surface area (Å²) in [5.41, 5.74) is 0.884. The highest BCUT2D eigenvalue weighted by molar-refractivity contribution is 5.90. The zero-order chi connectivity index (χ0) is 20.1. The van der Waals surface area contributed by atoms with Crippen molar-refractivity contribution in [3.8, 4) is 0 Å². The van der Waals surface area contributed by atoms with Gasteiger partial charge in [0, 0.05) is 44.3 Å². The van der Waals surface area contributed by atoms with Gasteiger partial charge in [-0.2, -0.15) is 5.10 Å². The van der Waals surface area contributed by atoms with Crippen molar-refractivity contribution in [2.75, 3.05) is 18.5 Å². The number of nitrogens with one attached hydrogen (secondary N) is 2. The van der Waals surface area contributed by atoms with Crippen LogP contribution in [-0.4, -0.2) is 29.0 Å². The summed E-state index contributed by atoms with van der Waals surface area (Å²) >= 11 is 0. The standard InChI is InChI=1S/C20H26F2N4O2/c1-3-26-17(10-11-24-26)18-14(7-6-12-28-18)13-23-19(27)25-16-9-5-4-8-15(16)20(2,21)22/h4-5,8-11,14,18H,3,6-7,12-13H2,1-2H3,(H2,23,25,27)/t14-,18+/m0/s1. The van der Waals surface area contributed by atoms with Gasteiger partial charge in [0.1, 0.15) is 6.10 Å². The van der Waals surface area contributed by atoms with Gasteiger partial charge in [0.2, 0.25) is 0 Å². The summed E-state index contributed by atoms with van der Waals surface area (Å²) in [6.07, 6.45) is 3.42. The normalized spacial score (nSPS) is 20.0. The van der Waals surface area contributed by atoms with Crippen LogP contribution in [-0.2, 0) is 17.2 Å². The van der Waals surface area contributed by atoms with Gasteiger partial charge in [-0.3, -0.25) is 4.68 Å². The summed E-state index contributed by atoms with van der Waals surface area (Å²) in [6, 6.07) is 7.35. The van der Waals surface area contributed by atoms with Crippen molar-refractivity contribution in [3.05, 3.63) is 47.8 Å². The second-order valence-electron chi connectivity index (χ2n) is 7.03. The van der Waals surface area contributed by atoms with E-state index in [4.69, 9.17) is 4.74 Å². The molecule has 28 heavy (non-hydrogen) atoms. The summed E-state index contributed by atoms with van der Waals surface area (Å²) in [5, 5.41) is 9.64. The lowest BCUT2D eigenvalue weighted by Crippen LogP contribution is -2.38. The molecule has 2 aromatic rings. The summed E-state index contributed by atoms with van der Waals surface area (Å²) in [6.45, 7) is 4.62. The van der Waals surface area contributed by atoms with Gasteiger partial charge < -0.3 is 15.4 Å². The first-order chi connectivity index (χ1) is 13.4. The van der Waals surface area contributed by atoms with E-state index in [-0.39, 0.29) is 23.3 Å². The van der Waals surface area contributed by atoms with E-state index in [0.29, 0.717) is 13.2 Å². The van der Waals surface area contributed by atoms with Gasteiger partial charge >= 0.3 is 6.03 Å². The van der Waals surface area contributed by atoms with Gasteiger partial charge in [0.15, 0.2) is 0 Å². The third-order valence-electron chi connectivity index (χ3n) is 4.96. The molecule has 2 amide bonds. The van der Waals surface area contributed by atoms with Crippen LogP contribution in [0, 0.1) is 5.92 Å². The third-order valence-corrected chi connectivity index (χ3v) is 4.96. The fraction of sp³-hybridized carbons (Fsp3) is 0.500. The molecule has 0 saturated carbocycles. The van der Waals surface area contributed by atoms with Gasteiger partial charge in [-0.1, -0.05) is 18.2 Å². The van der Waals surface area contributed by atoms with Crippen molar-refractivity contribution in [2.24, 2.45) is 5.92 Å². The molecule has 1 fully saturated rings. The molecule has 1 saturated heterocycles. The second kappa shape index (κ2) is 8.68. The van der Waals surface area contributed by atoms with E-state index in [2.05, 4.69) is 15.7 Å². The Hall–Kier alpha value is -2.48. The SMILES string of the molecule is CCn1nccc1[C@@H]1OCCC[C@H]1CNC(=O)Nc1ccccc1C(C)(F)F. The molecule has 152 valence electrons. The number of hydrogen-bond donors (Lipinski definition) is 2. The molecule has 1 aromatic heterocycles. The number of urea groups is 1. The van der Waals surface area contributed by atoms with Crippen molar-refractivity contribution >= 4 is 11.7 Å². The van der Waals surface area contributed by atoms with E-state index >= 15 is 0 Å². The summed E-state index contributed by atoms with van der Waals surface area (Å²) < 4.78 is 35.3. The zero-order valence-corrected chi connectivity index (χ0v) is 16.1. The molecule has 1 aromatic carbocycles. The number of hydrogen-bond acceptors (Lipinski definition) is 3. The summed E-state index contributed by atoms with van der Waals surface area (Å²) in [4.78, 5) is 12.3. The molecule has 6 nitrogen and oxygen atoms in total. The lowest BCUT2D eigenvalue weighted by molar-refractivity contribution is -0.0317. The largest absolute Gasteiger partial charge is 0.372 e. The highest BCUT2D eigenvalue weighted by Crippen LogP contribution is 2.34. The number of ether oxygens (including phenoxy) is 1. The minimum absolute atomic E-state index is 0.0874. The maximum atomic E-state index is 13.7. The second-order valence-corrected chi connectivity index (χ2v) is 7.03. The van der Waals surface area contributed by atoms with Crippen LogP contribution in [0.1, 0.15) is 44.1 Å². The topological polar surface area (TPSA) is 68.2 Å². The fourth-order valence-electron chi connectivity index (χ4n) is 3.59. The molecule has 1 aliphatic heterocycles. The Kier molecular flexibility index (Phi) is 6.28. The average Bonchev–Trinajstić information content (AvgIpc) is 3.15. The van der Waals surface area contributed by atoms with Crippen molar-refractivity contribution < 1.29 is 18.3 Å². The number of nitrogens with zero attached hydrogens (tertiary/aromatic N) is 2. The van der Waals surface area contributed by atoms with E-state index < -0.39 is 12.0 Å². The Morgan fingerprint density at radius 3 is 2.89 bits per heavy atom. The number of alkyl halides is 2. The van der Waals surface area contributed by atoms with Crippen LogP contribution in [0.4, 0.5) is 19.3 Å². The van der Waals surface area contributed by atoms with Crippen molar-refractivity contribution in [1.82, 2.24) is 15.1 Å². The molecule has 0 radical (unpaired) electrons.